The van der Waals surface area contributed by atoms with Crippen LogP contribution in [0.4, 0.5) is 4.39 Å². The number of rotatable bonds is 2. The van der Waals surface area contributed by atoms with Crippen molar-refractivity contribution in [3.05, 3.63) is 66.1 Å². The van der Waals surface area contributed by atoms with Gasteiger partial charge in [-0.3, -0.25) is 0 Å². The fourth-order valence-corrected chi connectivity index (χ4v) is 2.10. The second-order valence-corrected chi connectivity index (χ2v) is 4.24. The number of carbonyl (C=O) groups is 1. The molecule has 2 aromatic carbocycles. The van der Waals surface area contributed by atoms with Gasteiger partial charge in [-0.05, 0) is 48.5 Å². The molecule has 0 aliphatic heterocycles. The van der Waals surface area contributed by atoms with Crippen LogP contribution in [0.3, 0.4) is 0 Å². The first-order valence-corrected chi connectivity index (χ1v) is 5.75. The van der Waals surface area contributed by atoms with Crippen molar-refractivity contribution in [1.82, 2.24) is 4.57 Å². The summed E-state index contributed by atoms with van der Waals surface area (Å²) in [7, 11) is 0. The lowest BCUT2D eigenvalue weighted by Crippen LogP contribution is -1.97. The number of carboxylic acid groups (broad SMARTS) is 1. The molecule has 1 N–H and O–H groups in total. The fourth-order valence-electron chi connectivity index (χ4n) is 2.10. The van der Waals surface area contributed by atoms with Gasteiger partial charge in [0, 0.05) is 17.3 Å². The third-order valence-corrected chi connectivity index (χ3v) is 3.04. The highest BCUT2D eigenvalue weighted by Crippen LogP contribution is 2.21. The van der Waals surface area contributed by atoms with Crippen molar-refractivity contribution in [3.63, 3.8) is 0 Å². The first-order chi connectivity index (χ1) is 9.15. The Bertz CT molecular complexity index is 759. The lowest BCUT2D eigenvalue weighted by Gasteiger charge is -2.05. The monoisotopic (exact) mass is 255 g/mol. The van der Waals surface area contributed by atoms with Crippen molar-refractivity contribution in [1.29, 1.82) is 0 Å². The smallest absolute Gasteiger partial charge is 0.335 e. The summed E-state index contributed by atoms with van der Waals surface area (Å²) in [5.41, 5.74) is 1.96. The molecule has 0 amide bonds. The number of hydrogen-bond donors (Lipinski definition) is 1. The minimum atomic E-state index is -0.953. The minimum absolute atomic E-state index is 0.242. The van der Waals surface area contributed by atoms with Gasteiger partial charge < -0.3 is 9.67 Å². The van der Waals surface area contributed by atoms with E-state index in [0.29, 0.717) is 0 Å². The average Bonchev–Trinajstić information content (AvgIpc) is 2.81. The number of benzene rings is 2. The highest BCUT2D eigenvalue weighted by atomic mass is 19.1. The number of aromatic nitrogens is 1. The van der Waals surface area contributed by atoms with Crippen molar-refractivity contribution in [2.24, 2.45) is 0 Å². The van der Waals surface area contributed by atoms with Crippen LogP contribution in [-0.2, 0) is 0 Å². The molecule has 4 heteroatoms. The van der Waals surface area contributed by atoms with Crippen LogP contribution in [0.5, 0.6) is 0 Å². The summed E-state index contributed by atoms with van der Waals surface area (Å²) in [5.74, 6) is -1.22. The van der Waals surface area contributed by atoms with E-state index in [9.17, 15) is 9.18 Å². The van der Waals surface area contributed by atoms with E-state index < -0.39 is 5.97 Å². The third-order valence-electron chi connectivity index (χ3n) is 3.04. The molecule has 0 atom stereocenters. The Morgan fingerprint density at radius 2 is 1.79 bits per heavy atom. The summed E-state index contributed by atoms with van der Waals surface area (Å²) < 4.78 is 15.0. The van der Waals surface area contributed by atoms with Gasteiger partial charge in [0.25, 0.3) is 0 Å². The summed E-state index contributed by atoms with van der Waals surface area (Å²) in [6.45, 7) is 0. The second-order valence-electron chi connectivity index (χ2n) is 4.24. The van der Waals surface area contributed by atoms with E-state index in [1.165, 1.54) is 12.1 Å². The first kappa shape index (κ1) is 11.5. The van der Waals surface area contributed by atoms with E-state index >= 15 is 0 Å². The van der Waals surface area contributed by atoms with E-state index in [2.05, 4.69) is 0 Å². The van der Waals surface area contributed by atoms with E-state index in [0.717, 1.165) is 16.6 Å². The van der Waals surface area contributed by atoms with Crippen molar-refractivity contribution in [2.45, 2.75) is 0 Å². The molecule has 0 aliphatic rings. The molecule has 0 radical (unpaired) electrons. The Kier molecular flexibility index (Phi) is 2.56. The largest absolute Gasteiger partial charge is 0.478 e. The second kappa shape index (κ2) is 4.24. The van der Waals surface area contributed by atoms with Gasteiger partial charge in [0.05, 0.1) is 11.1 Å². The van der Waals surface area contributed by atoms with Crippen LogP contribution in [-0.4, -0.2) is 15.6 Å². The van der Waals surface area contributed by atoms with Gasteiger partial charge in [0.1, 0.15) is 5.82 Å². The maximum absolute atomic E-state index is 13.1. The predicted molar refractivity (Wildman–Crippen MR) is 70.2 cm³/mol. The fraction of sp³-hybridized carbons (Fsp3) is 0. The summed E-state index contributed by atoms with van der Waals surface area (Å²) in [6, 6.07) is 13.0. The SMILES string of the molecule is O=C(O)c1ccc(-n2ccc3cc(F)ccc32)cc1. The molecule has 19 heavy (non-hydrogen) atoms. The standard InChI is InChI=1S/C15H10FNO2/c16-12-3-6-14-11(9-12)7-8-17(14)13-4-1-10(2-5-13)15(18)19/h1-9H,(H,18,19). The summed E-state index contributed by atoms with van der Waals surface area (Å²) in [5, 5.41) is 9.67. The van der Waals surface area contributed by atoms with Crippen LogP contribution >= 0.6 is 0 Å². The van der Waals surface area contributed by atoms with Gasteiger partial charge in [0.2, 0.25) is 0 Å². The predicted octanol–water partition coefficient (Wildman–Crippen LogP) is 3.47. The number of halogens is 1. The zero-order valence-electron chi connectivity index (χ0n) is 9.88. The quantitative estimate of drug-likeness (QED) is 0.761. The van der Waals surface area contributed by atoms with Gasteiger partial charge in [-0.25, -0.2) is 9.18 Å². The summed E-state index contributed by atoms with van der Waals surface area (Å²) in [4.78, 5) is 10.8. The highest BCUT2D eigenvalue weighted by molar-refractivity contribution is 5.88. The Morgan fingerprint density at radius 1 is 1.05 bits per heavy atom. The van der Waals surface area contributed by atoms with Crippen LogP contribution in [0, 0.1) is 5.82 Å². The average molecular weight is 255 g/mol. The van der Waals surface area contributed by atoms with Crippen molar-refractivity contribution in [2.75, 3.05) is 0 Å². The molecule has 1 aromatic heterocycles. The van der Waals surface area contributed by atoms with E-state index in [4.69, 9.17) is 5.11 Å². The van der Waals surface area contributed by atoms with Gasteiger partial charge in [0.15, 0.2) is 0 Å². The van der Waals surface area contributed by atoms with Crippen LogP contribution < -0.4 is 0 Å². The number of carboxylic acids is 1. The van der Waals surface area contributed by atoms with Crippen molar-refractivity contribution >= 4 is 16.9 Å². The van der Waals surface area contributed by atoms with Crippen LogP contribution in [0.15, 0.2) is 54.7 Å². The topological polar surface area (TPSA) is 42.2 Å². The zero-order valence-corrected chi connectivity index (χ0v) is 9.88. The molecule has 0 saturated carbocycles. The van der Waals surface area contributed by atoms with E-state index in [1.54, 1.807) is 30.3 Å². The molecule has 1 heterocycles. The maximum Gasteiger partial charge on any atom is 0.335 e. The Balaban J connectivity index is 2.11. The molecule has 0 spiro atoms. The molecular formula is C15H10FNO2. The molecule has 0 fully saturated rings. The van der Waals surface area contributed by atoms with Crippen LogP contribution in [0.25, 0.3) is 16.6 Å². The molecule has 0 saturated heterocycles. The molecule has 94 valence electrons. The van der Waals surface area contributed by atoms with Gasteiger partial charge in [-0.2, -0.15) is 0 Å². The Labute approximate surface area is 108 Å². The molecule has 3 nitrogen and oxygen atoms in total. The molecule has 0 bridgehead atoms. The molecule has 0 unspecified atom stereocenters. The van der Waals surface area contributed by atoms with Gasteiger partial charge in [-0.1, -0.05) is 0 Å². The van der Waals surface area contributed by atoms with Crippen molar-refractivity contribution < 1.29 is 14.3 Å². The van der Waals surface area contributed by atoms with E-state index in [1.807, 2.05) is 16.8 Å². The van der Waals surface area contributed by atoms with Crippen LogP contribution in [0.1, 0.15) is 10.4 Å². The number of fused-ring (bicyclic) bond motifs is 1. The maximum atomic E-state index is 13.1. The number of hydrogen-bond acceptors (Lipinski definition) is 1. The van der Waals surface area contributed by atoms with Crippen LogP contribution in [0.2, 0.25) is 0 Å². The zero-order chi connectivity index (χ0) is 13.4. The number of nitrogens with zero attached hydrogens (tertiary/aromatic N) is 1. The summed E-state index contributed by atoms with van der Waals surface area (Å²) >= 11 is 0. The first-order valence-electron chi connectivity index (χ1n) is 5.75. The lowest BCUT2D eigenvalue weighted by molar-refractivity contribution is 0.0697. The minimum Gasteiger partial charge on any atom is -0.478 e. The molecule has 3 aromatic rings. The normalized spacial score (nSPS) is 10.8. The Morgan fingerprint density at radius 3 is 2.47 bits per heavy atom. The van der Waals surface area contributed by atoms with E-state index in [-0.39, 0.29) is 11.4 Å². The third kappa shape index (κ3) is 1.97. The summed E-state index contributed by atoms with van der Waals surface area (Å²) in [6.07, 6.45) is 1.83. The molecule has 3 rings (SSSR count). The molecular weight excluding hydrogens is 245 g/mol. The number of aromatic carboxylic acids is 1. The van der Waals surface area contributed by atoms with Gasteiger partial charge in [-0.15, -0.1) is 0 Å². The van der Waals surface area contributed by atoms with Crippen molar-refractivity contribution in [3.8, 4) is 5.69 Å². The Hall–Kier alpha value is -2.62. The lowest BCUT2D eigenvalue weighted by atomic mass is 10.2. The highest BCUT2D eigenvalue weighted by Gasteiger charge is 2.06. The molecule has 0 aliphatic carbocycles. The van der Waals surface area contributed by atoms with Gasteiger partial charge >= 0.3 is 5.97 Å².